The molecule has 6 nitrogen and oxygen atoms in total. The van der Waals surface area contributed by atoms with Gasteiger partial charge in [0, 0.05) is 24.5 Å². The third kappa shape index (κ3) is 2.92. The molecule has 0 amide bonds. The number of aromatic nitrogens is 5. The van der Waals surface area contributed by atoms with E-state index in [1.165, 1.54) is 0 Å². The number of fused-ring (bicyclic) bond motifs is 2. The van der Waals surface area contributed by atoms with Gasteiger partial charge in [0.1, 0.15) is 11.0 Å². The summed E-state index contributed by atoms with van der Waals surface area (Å²) in [4.78, 5) is 4.51. The molecule has 3 heterocycles. The second-order valence-corrected chi connectivity index (χ2v) is 7.55. The van der Waals surface area contributed by atoms with Gasteiger partial charge in [0.15, 0.2) is 11.6 Å². The van der Waals surface area contributed by atoms with Gasteiger partial charge < -0.3 is 5.32 Å². The summed E-state index contributed by atoms with van der Waals surface area (Å²) in [6.45, 7) is 3.89. The van der Waals surface area contributed by atoms with Crippen molar-refractivity contribution in [3.8, 4) is 11.1 Å². The van der Waals surface area contributed by atoms with Crippen LogP contribution in [0, 0.1) is 12.7 Å². The molecule has 28 heavy (non-hydrogen) atoms. The van der Waals surface area contributed by atoms with Crippen molar-refractivity contribution >= 4 is 21.9 Å². The Hall–Kier alpha value is -2.93. The molecule has 1 aliphatic heterocycles. The number of halogens is 1. The molecule has 0 atom stereocenters. The molecular weight excluding hydrogens is 355 g/mol. The zero-order valence-electron chi connectivity index (χ0n) is 15.9. The molecule has 0 saturated carbocycles. The number of hydrogen-bond donors (Lipinski definition) is 1. The van der Waals surface area contributed by atoms with Crippen molar-refractivity contribution in [1.29, 1.82) is 0 Å². The van der Waals surface area contributed by atoms with Crippen LogP contribution in [-0.4, -0.2) is 38.1 Å². The summed E-state index contributed by atoms with van der Waals surface area (Å²) in [5.74, 6) is 0.530. The highest BCUT2D eigenvalue weighted by Crippen LogP contribution is 2.30. The standard InChI is InChI=1S/C21H21FN6/c1-12-7-14(8-16-11-28(2)27-19(12)16)15-9-17(22)20-18(10-15)25-26-21(24-20)13-3-5-23-6-4-13/h7-11,13,23H,3-6H2,1-2H3. The van der Waals surface area contributed by atoms with Crippen molar-refractivity contribution in [3.05, 3.63) is 47.7 Å². The second kappa shape index (κ2) is 6.60. The maximum atomic E-state index is 14.9. The summed E-state index contributed by atoms with van der Waals surface area (Å²) < 4.78 is 16.7. The van der Waals surface area contributed by atoms with Gasteiger partial charge >= 0.3 is 0 Å². The molecule has 0 spiro atoms. The monoisotopic (exact) mass is 376 g/mol. The van der Waals surface area contributed by atoms with Gasteiger partial charge in [-0.1, -0.05) is 0 Å². The zero-order valence-corrected chi connectivity index (χ0v) is 15.9. The van der Waals surface area contributed by atoms with Gasteiger partial charge in [0.25, 0.3) is 0 Å². The molecular formula is C21H21FN6. The number of nitrogens with zero attached hydrogens (tertiary/aromatic N) is 5. The largest absolute Gasteiger partial charge is 0.317 e. The Morgan fingerprint density at radius 1 is 1.04 bits per heavy atom. The Labute approximate surface area is 161 Å². The van der Waals surface area contributed by atoms with Crippen molar-refractivity contribution < 1.29 is 4.39 Å². The minimum Gasteiger partial charge on any atom is -0.317 e. The predicted octanol–water partition coefficient (Wildman–Crippen LogP) is 3.49. The number of benzene rings is 2. The summed E-state index contributed by atoms with van der Waals surface area (Å²) >= 11 is 0. The summed E-state index contributed by atoms with van der Waals surface area (Å²) in [7, 11) is 1.90. The van der Waals surface area contributed by atoms with Crippen LogP contribution in [0.5, 0.6) is 0 Å². The summed E-state index contributed by atoms with van der Waals surface area (Å²) in [5.41, 5.74) is 4.50. The smallest absolute Gasteiger partial charge is 0.154 e. The van der Waals surface area contributed by atoms with E-state index in [2.05, 4.69) is 25.6 Å². The van der Waals surface area contributed by atoms with Crippen molar-refractivity contribution in [2.75, 3.05) is 13.1 Å². The number of hydrogen-bond acceptors (Lipinski definition) is 5. The van der Waals surface area contributed by atoms with Crippen LogP contribution in [0.3, 0.4) is 0 Å². The highest BCUT2D eigenvalue weighted by Gasteiger charge is 2.20. The van der Waals surface area contributed by atoms with Crippen molar-refractivity contribution in [3.63, 3.8) is 0 Å². The van der Waals surface area contributed by atoms with Crippen LogP contribution in [0.2, 0.25) is 0 Å². The number of nitrogens with one attached hydrogen (secondary N) is 1. The van der Waals surface area contributed by atoms with Crippen molar-refractivity contribution in [2.24, 2.45) is 7.05 Å². The zero-order chi connectivity index (χ0) is 19.3. The van der Waals surface area contributed by atoms with Gasteiger partial charge in [-0.2, -0.15) is 5.10 Å². The Balaban J connectivity index is 1.59. The highest BCUT2D eigenvalue weighted by molar-refractivity contribution is 5.89. The molecule has 4 aromatic rings. The molecule has 2 aromatic heterocycles. The first-order valence-corrected chi connectivity index (χ1v) is 9.57. The Morgan fingerprint density at radius 2 is 1.82 bits per heavy atom. The summed E-state index contributed by atoms with van der Waals surface area (Å²) in [6.07, 6.45) is 3.88. The van der Waals surface area contributed by atoms with Gasteiger partial charge in [-0.15, -0.1) is 10.2 Å². The first-order valence-electron chi connectivity index (χ1n) is 9.57. The molecule has 1 saturated heterocycles. The molecule has 1 fully saturated rings. The average molecular weight is 376 g/mol. The van der Waals surface area contributed by atoms with E-state index in [-0.39, 0.29) is 11.7 Å². The van der Waals surface area contributed by atoms with Gasteiger partial charge in [-0.3, -0.25) is 4.68 Å². The molecule has 1 aliphatic rings. The van der Waals surface area contributed by atoms with E-state index in [1.54, 1.807) is 10.7 Å². The van der Waals surface area contributed by atoms with Crippen molar-refractivity contribution in [2.45, 2.75) is 25.7 Å². The van der Waals surface area contributed by atoms with Crippen LogP contribution in [0.15, 0.2) is 30.5 Å². The molecule has 1 N–H and O–H groups in total. The van der Waals surface area contributed by atoms with E-state index in [0.717, 1.165) is 53.5 Å². The molecule has 0 unspecified atom stereocenters. The minimum absolute atomic E-state index is 0.243. The van der Waals surface area contributed by atoms with Crippen LogP contribution < -0.4 is 5.32 Å². The van der Waals surface area contributed by atoms with Gasteiger partial charge in [-0.25, -0.2) is 9.37 Å². The second-order valence-electron chi connectivity index (χ2n) is 7.55. The van der Waals surface area contributed by atoms with Crippen LogP contribution in [0.1, 0.15) is 30.1 Å². The lowest BCUT2D eigenvalue weighted by molar-refractivity contribution is 0.442. The maximum Gasteiger partial charge on any atom is 0.154 e. The predicted molar refractivity (Wildman–Crippen MR) is 107 cm³/mol. The van der Waals surface area contributed by atoms with E-state index in [4.69, 9.17) is 0 Å². The Bertz CT molecular complexity index is 1190. The fourth-order valence-electron chi connectivity index (χ4n) is 4.03. The Morgan fingerprint density at radius 3 is 2.64 bits per heavy atom. The lowest BCUT2D eigenvalue weighted by Crippen LogP contribution is -2.27. The van der Waals surface area contributed by atoms with Crippen LogP contribution >= 0.6 is 0 Å². The SMILES string of the molecule is Cc1cc(-c2cc(F)c3nc(C4CCNCC4)nnc3c2)cc2cn(C)nc12. The molecule has 2 aromatic carbocycles. The first-order chi connectivity index (χ1) is 13.6. The van der Waals surface area contributed by atoms with E-state index in [9.17, 15) is 4.39 Å². The topological polar surface area (TPSA) is 68.5 Å². The van der Waals surface area contributed by atoms with E-state index >= 15 is 0 Å². The quantitative estimate of drug-likeness (QED) is 0.580. The minimum atomic E-state index is -0.360. The first kappa shape index (κ1) is 17.2. The maximum absolute atomic E-state index is 14.9. The molecule has 0 aliphatic carbocycles. The molecule has 7 heteroatoms. The fraction of sp³-hybridized carbons (Fsp3) is 0.333. The molecule has 142 valence electrons. The lowest BCUT2D eigenvalue weighted by atomic mass is 9.97. The molecule has 0 bridgehead atoms. The van der Waals surface area contributed by atoms with Gasteiger partial charge in [0.05, 0.1) is 5.52 Å². The van der Waals surface area contributed by atoms with Gasteiger partial charge in [-0.05, 0) is 73.8 Å². The summed E-state index contributed by atoms with van der Waals surface area (Å²) in [5, 5.41) is 17.4. The fourth-order valence-corrected chi connectivity index (χ4v) is 4.03. The van der Waals surface area contributed by atoms with E-state index < -0.39 is 0 Å². The average Bonchev–Trinajstić information content (AvgIpc) is 3.09. The van der Waals surface area contributed by atoms with E-state index in [1.807, 2.05) is 38.4 Å². The van der Waals surface area contributed by atoms with Crippen LogP contribution in [-0.2, 0) is 7.05 Å². The number of rotatable bonds is 2. The molecule has 5 rings (SSSR count). The molecule has 0 radical (unpaired) electrons. The van der Waals surface area contributed by atoms with Crippen LogP contribution in [0.25, 0.3) is 33.1 Å². The van der Waals surface area contributed by atoms with Gasteiger partial charge in [0.2, 0.25) is 0 Å². The third-order valence-corrected chi connectivity index (χ3v) is 5.48. The third-order valence-electron chi connectivity index (χ3n) is 5.48. The number of aryl methyl sites for hydroxylation is 2. The van der Waals surface area contributed by atoms with Crippen LogP contribution in [0.4, 0.5) is 4.39 Å². The normalized spacial score (nSPS) is 15.5. The highest BCUT2D eigenvalue weighted by atomic mass is 19.1. The van der Waals surface area contributed by atoms with Crippen molar-refractivity contribution in [1.82, 2.24) is 30.3 Å². The number of piperidine rings is 1. The lowest BCUT2D eigenvalue weighted by Gasteiger charge is -2.20. The van der Waals surface area contributed by atoms with E-state index in [0.29, 0.717) is 16.9 Å². The summed E-state index contributed by atoms with van der Waals surface area (Å²) in [6, 6.07) is 7.46. The Kier molecular flexibility index (Phi) is 4.05.